The largest absolute Gasteiger partial charge is 0.344 e. The molecule has 20 heavy (non-hydrogen) atoms. The second kappa shape index (κ2) is 7.06. The Bertz CT molecular complexity index is 545. The van der Waals surface area contributed by atoms with Crippen LogP contribution in [0.4, 0.5) is 0 Å². The van der Waals surface area contributed by atoms with Crippen molar-refractivity contribution in [2.45, 2.75) is 11.8 Å². The molecule has 0 aliphatic carbocycles. The second-order valence-electron chi connectivity index (χ2n) is 4.64. The van der Waals surface area contributed by atoms with Gasteiger partial charge in [0.1, 0.15) is 5.38 Å². The fraction of sp³-hybridized carbons (Fsp3) is 0.250. The summed E-state index contributed by atoms with van der Waals surface area (Å²) in [5.74, 6) is -0.0769. The van der Waals surface area contributed by atoms with E-state index in [1.54, 1.807) is 24.3 Å². The number of nitrogens with zero attached hydrogens (tertiary/aromatic N) is 2. The molecule has 0 bridgehead atoms. The van der Waals surface area contributed by atoms with Crippen LogP contribution in [-0.4, -0.2) is 29.4 Å². The van der Waals surface area contributed by atoms with Crippen LogP contribution in [0.15, 0.2) is 54.9 Å². The molecule has 1 unspecified atom stereocenters. The highest BCUT2D eigenvalue weighted by Crippen LogP contribution is 2.22. The van der Waals surface area contributed by atoms with Crippen molar-refractivity contribution >= 4 is 17.5 Å². The number of alkyl halides is 1. The summed E-state index contributed by atoms with van der Waals surface area (Å²) in [4.78, 5) is 17.9. The number of aromatic nitrogens is 1. The summed E-state index contributed by atoms with van der Waals surface area (Å²) in [6, 6.07) is 13.3. The molecule has 2 aromatic rings. The predicted octanol–water partition coefficient (Wildman–Crippen LogP) is 3.06. The van der Waals surface area contributed by atoms with E-state index in [-0.39, 0.29) is 5.91 Å². The molecule has 3 nitrogen and oxygen atoms in total. The molecule has 0 radical (unpaired) electrons. The van der Waals surface area contributed by atoms with Crippen molar-refractivity contribution in [1.29, 1.82) is 0 Å². The first kappa shape index (κ1) is 14.5. The van der Waals surface area contributed by atoms with E-state index >= 15 is 0 Å². The average Bonchev–Trinajstić information content (AvgIpc) is 2.53. The summed E-state index contributed by atoms with van der Waals surface area (Å²) in [7, 11) is 1.78. The van der Waals surface area contributed by atoms with Gasteiger partial charge in [-0.1, -0.05) is 30.3 Å². The Balaban J connectivity index is 1.92. The van der Waals surface area contributed by atoms with Gasteiger partial charge in [-0.15, -0.1) is 11.6 Å². The van der Waals surface area contributed by atoms with Gasteiger partial charge in [-0.2, -0.15) is 0 Å². The van der Waals surface area contributed by atoms with E-state index in [1.165, 1.54) is 0 Å². The Morgan fingerprint density at radius 1 is 1.20 bits per heavy atom. The maximum atomic E-state index is 12.2. The van der Waals surface area contributed by atoms with E-state index in [4.69, 9.17) is 11.6 Å². The molecule has 1 atom stereocenters. The molecular weight excluding hydrogens is 272 g/mol. The van der Waals surface area contributed by atoms with Crippen molar-refractivity contribution < 1.29 is 4.79 Å². The predicted molar refractivity (Wildman–Crippen MR) is 80.6 cm³/mol. The van der Waals surface area contributed by atoms with Gasteiger partial charge in [0.25, 0.3) is 0 Å². The fourth-order valence-electron chi connectivity index (χ4n) is 1.91. The molecule has 0 fully saturated rings. The minimum Gasteiger partial charge on any atom is -0.344 e. The maximum absolute atomic E-state index is 12.2. The summed E-state index contributed by atoms with van der Waals surface area (Å²) in [5, 5.41) is -0.626. The fourth-order valence-corrected chi connectivity index (χ4v) is 2.23. The maximum Gasteiger partial charge on any atom is 0.244 e. The van der Waals surface area contributed by atoms with Gasteiger partial charge in [0, 0.05) is 26.0 Å². The van der Waals surface area contributed by atoms with E-state index < -0.39 is 5.38 Å². The molecule has 0 saturated carbocycles. The standard InChI is InChI=1S/C16H17ClN2O/c1-19(12-9-13-7-10-18-11-8-13)16(20)15(17)14-5-3-2-4-6-14/h2-8,10-11,15H,9,12H2,1H3. The number of rotatable bonds is 5. The molecule has 1 aromatic heterocycles. The molecular formula is C16H17ClN2O. The quantitative estimate of drug-likeness (QED) is 0.792. The third-order valence-electron chi connectivity index (χ3n) is 3.17. The van der Waals surface area contributed by atoms with E-state index in [9.17, 15) is 4.79 Å². The van der Waals surface area contributed by atoms with Crippen molar-refractivity contribution in [2.75, 3.05) is 13.6 Å². The number of likely N-dealkylation sites (N-methyl/N-ethyl adjacent to an activating group) is 1. The number of benzene rings is 1. The molecule has 0 N–H and O–H groups in total. The Morgan fingerprint density at radius 2 is 1.85 bits per heavy atom. The number of hydrogen-bond donors (Lipinski definition) is 0. The molecule has 0 aliphatic heterocycles. The summed E-state index contributed by atoms with van der Waals surface area (Å²) in [6.45, 7) is 0.638. The third kappa shape index (κ3) is 3.81. The van der Waals surface area contributed by atoms with Gasteiger partial charge >= 0.3 is 0 Å². The van der Waals surface area contributed by atoms with E-state index in [0.29, 0.717) is 6.54 Å². The van der Waals surface area contributed by atoms with Crippen LogP contribution >= 0.6 is 11.6 Å². The zero-order valence-corrected chi connectivity index (χ0v) is 12.1. The van der Waals surface area contributed by atoms with Gasteiger partial charge in [0.2, 0.25) is 5.91 Å². The number of hydrogen-bond acceptors (Lipinski definition) is 2. The Morgan fingerprint density at radius 3 is 2.50 bits per heavy atom. The Labute approximate surface area is 124 Å². The van der Waals surface area contributed by atoms with Crippen LogP contribution in [0.5, 0.6) is 0 Å². The van der Waals surface area contributed by atoms with Crippen molar-refractivity contribution in [3.05, 3.63) is 66.0 Å². The van der Waals surface area contributed by atoms with Crippen molar-refractivity contribution in [1.82, 2.24) is 9.88 Å². The minimum absolute atomic E-state index is 0.0769. The summed E-state index contributed by atoms with van der Waals surface area (Å²) in [5.41, 5.74) is 1.99. The number of halogens is 1. The molecule has 1 amide bonds. The van der Waals surface area contributed by atoms with Crippen molar-refractivity contribution in [3.8, 4) is 0 Å². The van der Waals surface area contributed by atoms with Crippen LogP contribution < -0.4 is 0 Å². The third-order valence-corrected chi connectivity index (χ3v) is 3.61. The molecule has 4 heteroatoms. The number of carbonyl (C=O) groups is 1. The minimum atomic E-state index is -0.626. The molecule has 0 spiro atoms. The molecule has 1 heterocycles. The molecule has 1 aromatic carbocycles. The van der Waals surface area contributed by atoms with Gasteiger partial charge in [0.05, 0.1) is 0 Å². The van der Waals surface area contributed by atoms with Crippen LogP contribution in [-0.2, 0) is 11.2 Å². The summed E-state index contributed by atoms with van der Waals surface area (Å²) >= 11 is 6.23. The second-order valence-corrected chi connectivity index (χ2v) is 5.07. The highest BCUT2D eigenvalue weighted by molar-refractivity contribution is 6.30. The Kier molecular flexibility index (Phi) is 5.13. The van der Waals surface area contributed by atoms with E-state index in [1.807, 2.05) is 42.5 Å². The van der Waals surface area contributed by atoms with Crippen LogP contribution in [0, 0.1) is 0 Å². The topological polar surface area (TPSA) is 33.2 Å². The number of amides is 1. The first-order chi connectivity index (χ1) is 9.68. The Hall–Kier alpha value is -1.87. The zero-order valence-electron chi connectivity index (χ0n) is 11.4. The lowest BCUT2D eigenvalue weighted by atomic mass is 10.1. The lowest BCUT2D eigenvalue weighted by Crippen LogP contribution is -2.31. The van der Waals surface area contributed by atoms with Crippen LogP contribution in [0.1, 0.15) is 16.5 Å². The first-order valence-corrected chi connectivity index (χ1v) is 6.95. The van der Waals surface area contributed by atoms with Crippen molar-refractivity contribution in [3.63, 3.8) is 0 Å². The number of carbonyl (C=O) groups excluding carboxylic acids is 1. The SMILES string of the molecule is CN(CCc1ccncc1)C(=O)C(Cl)c1ccccc1. The molecule has 0 saturated heterocycles. The summed E-state index contributed by atoms with van der Waals surface area (Å²) in [6.07, 6.45) is 4.31. The summed E-state index contributed by atoms with van der Waals surface area (Å²) < 4.78 is 0. The molecule has 0 aliphatic rings. The van der Waals surface area contributed by atoms with Gasteiger partial charge in [0.15, 0.2) is 0 Å². The molecule has 2 rings (SSSR count). The van der Waals surface area contributed by atoms with Crippen LogP contribution in [0.3, 0.4) is 0 Å². The lowest BCUT2D eigenvalue weighted by Gasteiger charge is -2.20. The normalized spacial score (nSPS) is 11.9. The van der Waals surface area contributed by atoms with Gasteiger partial charge < -0.3 is 4.90 Å². The zero-order chi connectivity index (χ0) is 14.4. The van der Waals surface area contributed by atoms with Gasteiger partial charge in [-0.05, 0) is 29.7 Å². The number of pyridine rings is 1. The van der Waals surface area contributed by atoms with Crippen LogP contribution in [0.25, 0.3) is 0 Å². The first-order valence-electron chi connectivity index (χ1n) is 6.51. The van der Waals surface area contributed by atoms with E-state index in [0.717, 1.165) is 17.5 Å². The van der Waals surface area contributed by atoms with E-state index in [2.05, 4.69) is 4.98 Å². The highest BCUT2D eigenvalue weighted by Gasteiger charge is 2.20. The lowest BCUT2D eigenvalue weighted by molar-refractivity contribution is -0.129. The van der Waals surface area contributed by atoms with Gasteiger partial charge in [-0.25, -0.2) is 0 Å². The smallest absolute Gasteiger partial charge is 0.244 e. The monoisotopic (exact) mass is 288 g/mol. The average molecular weight is 289 g/mol. The van der Waals surface area contributed by atoms with Gasteiger partial charge in [-0.3, -0.25) is 9.78 Å². The highest BCUT2D eigenvalue weighted by atomic mass is 35.5. The molecule has 104 valence electrons. The van der Waals surface area contributed by atoms with Crippen LogP contribution in [0.2, 0.25) is 0 Å². The van der Waals surface area contributed by atoms with Crippen molar-refractivity contribution in [2.24, 2.45) is 0 Å².